The fourth-order valence-electron chi connectivity index (χ4n) is 2.55. The van der Waals surface area contributed by atoms with Crippen LogP contribution in [-0.2, 0) is 21.5 Å². The van der Waals surface area contributed by atoms with Gasteiger partial charge in [0.2, 0.25) is 11.8 Å². The van der Waals surface area contributed by atoms with E-state index in [9.17, 15) is 9.59 Å². The molecule has 3 N–H and O–H groups in total. The number of benzene rings is 1. The van der Waals surface area contributed by atoms with Crippen LogP contribution in [0.25, 0.3) is 0 Å². The van der Waals surface area contributed by atoms with Crippen molar-refractivity contribution in [1.82, 2.24) is 5.32 Å². The molecule has 2 amide bonds. The lowest BCUT2D eigenvalue weighted by molar-refractivity contribution is -0.122. The van der Waals surface area contributed by atoms with Crippen molar-refractivity contribution in [2.45, 2.75) is 32.2 Å². The number of likely N-dealkylation sites (N-methyl/N-ethyl adjacent to an activating group) is 1. The SMILES string of the molecule is CN1C(=O)C(C)(C)c2cc(CNC(=O)CCN)ccc21. The third-order valence-corrected chi connectivity index (χ3v) is 3.80. The molecule has 0 aromatic heterocycles. The highest BCUT2D eigenvalue weighted by Gasteiger charge is 2.42. The number of hydrogen-bond donors (Lipinski definition) is 2. The van der Waals surface area contributed by atoms with Crippen molar-refractivity contribution in [3.8, 4) is 0 Å². The molecule has 108 valence electrons. The van der Waals surface area contributed by atoms with Gasteiger partial charge in [-0.05, 0) is 31.0 Å². The Balaban J connectivity index is 2.19. The second-order valence-electron chi connectivity index (χ2n) is 5.66. The summed E-state index contributed by atoms with van der Waals surface area (Å²) in [4.78, 5) is 25.3. The number of nitrogens with two attached hydrogens (primary N) is 1. The van der Waals surface area contributed by atoms with Crippen LogP contribution in [0.5, 0.6) is 0 Å². The summed E-state index contributed by atoms with van der Waals surface area (Å²) in [6, 6.07) is 5.87. The molecule has 0 unspecified atom stereocenters. The van der Waals surface area contributed by atoms with Crippen LogP contribution in [0.3, 0.4) is 0 Å². The van der Waals surface area contributed by atoms with Gasteiger partial charge >= 0.3 is 0 Å². The molecule has 0 radical (unpaired) electrons. The first-order valence-electron chi connectivity index (χ1n) is 6.76. The minimum absolute atomic E-state index is 0.0551. The summed E-state index contributed by atoms with van der Waals surface area (Å²) in [5, 5.41) is 2.82. The van der Waals surface area contributed by atoms with Gasteiger partial charge < -0.3 is 16.0 Å². The van der Waals surface area contributed by atoms with Gasteiger partial charge in [0.25, 0.3) is 0 Å². The van der Waals surface area contributed by atoms with Gasteiger partial charge in [0.05, 0.1) is 5.41 Å². The van der Waals surface area contributed by atoms with E-state index in [-0.39, 0.29) is 11.8 Å². The minimum Gasteiger partial charge on any atom is -0.352 e. The van der Waals surface area contributed by atoms with E-state index in [4.69, 9.17) is 5.73 Å². The van der Waals surface area contributed by atoms with E-state index in [1.165, 1.54) is 0 Å². The molecule has 1 aliphatic heterocycles. The van der Waals surface area contributed by atoms with Gasteiger partial charge in [0.15, 0.2) is 0 Å². The monoisotopic (exact) mass is 275 g/mol. The first-order valence-corrected chi connectivity index (χ1v) is 6.76. The first kappa shape index (κ1) is 14.5. The Morgan fingerprint density at radius 2 is 2.10 bits per heavy atom. The van der Waals surface area contributed by atoms with Crippen LogP contribution in [0.2, 0.25) is 0 Å². The highest BCUT2D eigenvalue weighted by atomic mass is 16.2. The molecule has 1 heterocycles. The molecule has 0 spiro atoms. The van der Waals surface area contributed by atoms with Gasteiger partial charge in [-0.25, -0.2) is 0 Å². The van der Waals surface area contributed by atoms with Crippen LogP contribution in [0.4, 0.5) is 5.69 Å². The quantitative estimate of drug-likeness (QED) is 0.857. The molecule has 0 fully saturated rings. The van der Waals surface area contributed by atoms with Gasteiger partial charge in [-0.3, -0.25) is 9.59 Å². The van der Waals surface area contributed by atoms with Gasteiger partial charge in [-0.15, -0.1) is 0 Å². The number of rotatable bonds is 4. The summed E-state index contributed by atoms with van der Waals surface area (Å²) >= 11 is 0. The summed E-state index contributed by atoms with van der Waals surface area (Å²) in [5.74, 6) is 0.0391. The molecule has 0 atom stereocenters. The van der Waals surface area contributed by atoms with Gasteiger partial charge in [0, 0.05) is 32.2 Å². The number of nitrogens with zero attached hydrogens (tertiary/aromatic N) is 1. The fraction of sp³-hybridized carbons (Fsp3) is 0.467. The Morgan fingerprint density at radius 1 is 1.40 bits per heavy atom. The topological polar surface area (TPSA) is 75.4 Å². The van der Waals surface area contributed by atoms with Crippen molar-refractivity contribution in [1.29, 1.82) is 0 Å². The third-order valence-electron chi connectivity index (χ3n) is 3.80. The molecular weight excluding hydrogens is 254 g/mol. The predicted octanol–water partition coefficient (Wildman–Crippen LogP) is 0.906. The summed E-state index contributed by atoms with van der Waals surface area (Å²) in [7, 11) is 1.79. The molecule has 5 nitrogen and oxygen atoms in total. The molecule has 5 heteroatoms. The summed E-state index contributed by atoms with van der Waals surface area (Å²) in [5.41, 5.74) is 7.76. The van der Waals surface area contributed by atoms with Crippen LogP contribution in [0, 0.1) is 0 Å². The molecule has 2 rings (SSSR count). The Labute approximate surface area is 119 Å². The van der Waals surface area contributed by atoms with Crippen molar-refractivity contribution < 1.29 is 9.59 Å². The fourth-order valence-corrected chi connectivity index (χ4v) is 2.55. The van der Waals surface area contributed by atoms with E-state index < -0.39 is 5.41 Å². The Morgan fingerprint density at radius 3 is 2.75 bits per heavy atom. The van der Waals surface area contributed by atoms with Crippen LogP contribution in [-0.4, -0.2) is 25.4 Å². The van der Waals surface area contributed by atoms with Crippen molar-refractivity contribution in [2.24, 2.45) is 5.73 Å². The smallest absolute Gasteiger partial charge is 0.236 e. The van der Waals surface area contributed by atoms with E-state index in [2.05, 4.69) is 5.32 Å². The zero-order valence-electron chi connectivity index (χ0n) is 12.2. The third kappa shape index (κ3) is 2.41. The number of amides is 2. The van der Waals surface area contributed by atoms with Crippen LogP contribution in [0.15, 0.2) is 18.2 Å². The molecule has 1 aliphatic rings. The van der Waals surface area contributed by atoms with Crippen LogP contribution in [0.1, 0.15) is 31.4 Å². The molecule has 20 heavy (non-hydrogen) atoms. The van der Waals surface area contributed by atoms with Crippen molar-refractivity contribution >= 4 is 17.5 Å². The van der Waals surface area contributed by atoms with Crippen LogP contribution >= 0.6 is 0 Å². The van der Waals surface area contributed by atoms with Crippen molar-refractivity contribution in [3.05, 3.63) is 29.3 Å². The zero-order valence-corrected chi connectivity index (χ0v) is 12.2. The van der Waals surface area contributed by atoms with E-state index >= 15 is 0 Å². The van der Waals surface area contributed by atoms with E-state index in [0.29, 0.717) is 19.5 Å². The molecule has 0 aliphatic carbocycles. The average molecular weight is 275 g/mol. The number of carbonyl (C=O) groups is 2. The number of anilines is 1. The van der Waals surface area contributed by atoms with E-state index in [1.54, 1.807) is 11.9 Å². The van der Waals surface area contributed by atoms with Crippen molar-refractivity contribution in [3.63, 3.8) is 0 Å². The number of hydrogen-bond acceptors (Lipinski definition) is 3. The van der Waals surface area contributed by atoms with Crippen molar-refractivity contribution in [2.75, 3.05) is 18.5 Å². The normalized spacial score (nSPS) is 16.2. The molecule has 0 bridgehead atoms. The summed E-state index contributed by atoms with van der Waals surface area (Å²) < 4.78 is 0. The molecule has 0 saturated heterocycles. The molecule has 0 saturated carbocycles. The molecule has 1 aromatic rings. The lowest BCUT2D eigenvalue weighted by atomic mass is 9.85. The Kier molecular flexibility index (Phi) is 3.81. The maximum absolute atomic E-state index is 12.2. The second kappa shape index (κ2) is 5.25. The zero-order chi connectivity index (χ0) is 14.9. The number of carbonyl (C=O) groups excluding carboxylic acids is 2. The largest absolute Gasteiger partial charge is 0.352 e. The lowest BCUT2D eigenvalue weighted by Gasteiger charge is -2.16. The van der Waals surface area contributed by atoms with Gasteiger partial charge in [-0.1, -0.05) is 12.1 Å². The maximum atomic E-state index is 12.2. The summed E-state index contributed by atoms with van der Waals surface area (Å²) in [6.07, 6.45) is 0.331. The maximum Gasteiger partial charge on any atom is 0.236 e. The number of nitrogens with one attached hydrogen (secondary N) is 1. The predicted molar refractivity (Wildman–Crippen MR) is 78.4 cm³/mol. The standard InChI is InChI=1S/C15H21N3O2/c1-15(2)11-8-10(9-17-13(19)6-7-16)4-5-12(11)18(3)14(15)20/h4-5,8H,6-7,9,16H2,1-3H3,(H,17,19). The Hall–Kier alpha value is -1.88. The number of fused-ring (bicyclic) bond motifs is 1. The van der Waals surface area contributed by atoms with E-state index in [1.807, 2.05) is 32.0 Å². The Bertz CT molecular complexity index is 552. The molecular formula is C15H21N3O2. The lowest BCUT2D eigenvalue weighted by Crippen LogP contribution is -2.33. The second-order valence-corrected chi connectivity index (χ2v) is 5.66. The van der Waals surface area contributed by atoms with E-state index in [0.717, 1.165) is 16.8 Å². The highest BCUT2D eigenvalue weighted by molar-refractivity contribution is 6.07. The highest BCUT2D eigenvalue weighted by Crippen LogP contribution is 2.40. The van der Waals surface area contributed by atoms with Gasteiger partial charge in [0.1, 0.15) is 0 Å². The van der Waals surface area contributed by atoms with Crippen LogP contribution < -0.4 is 16.0 Å². The molecule has 1 aromatic carbocycles. The first-order chi connectivity index (χ1) is 9.37. The summed E-state index contributed by atoms with van der Waals surface area (Å²) in [6.45, 7) is 4.66. The average Bonchev–Trinajstić information content (AvgIpc) is 2.58. The minimum atomic E-state index is -0.513. The van der Waals surface area contributed by atoms with Gasteiger partial charge in [-0.2, -0.15) is 0 Å².